The van der Waals surface area contributed by atoms with Gasteiger partial charge in [-0.05, 0) is 62.7 Å². The Morgan fingerprint density at radius 1 is 0.943 bits per heavy atom. The third-order valence-corrected chi connectivity index (χ3v) is 7.85. The Balaban J connectivity index is 1.22. The summed E-state index contributed by atoms with van der Waals surface area (Å²) in [6.45, 7) is 8.22. The van der Waals surface area contributed by atoms with Gasteiger partial charge in [-0.3, -0.25) is 34.3 Å². The number of benzene rings is 1. The zero-order valence-electron chi connectivity index (χ0n) is 20.3. The van der Waals surface area contributed by atoms with Crippen molar-refractivity contribution in [3.05, 3.63) is 34.9 Å². The van der Waals surface area contributed by atoms with Gasteiger partial charge in [-0.25, -0.2) is 0 Å². The average molecular weight is 482 g/mol. The van der Waals surface area contributed by atoms with E-state index in [2.05, 4.69) is 20.4 Å². The van der Waals surface area contributed by atoms with E-state index in [-0.39, 0.29) is 18.7 Å². The molecule has 35 heavy (non-hydrogen) atoms. The number of nitrogens with zero attached hydrogens (tertiary/aromatic N) is 3. The first-order valence-corrected chi connectivity index (χ1v) is 13.0. The number of likely N-dealkylation sites (tertiary alicyclic amines) is 1. The molecule has 9 heteroatoms. The number of rotatable bonds is 7. The van der Waals surface area contributed by atoms with Crippen molar-refractivity contribution in [2.24, 2.45) is 5.92 Å². The monoisotopic (exact) mass is 481 g/mol. The highest BCUT2D eigenvalue weighted by Crippen LogP contribution is 2.31. The van der Waals surface area contributed by atoms with Crippen molar-refractivity contribution in [3.63, 3.8) is 0 Å². The molecule has 1 aromatic rings. The molecule has 4 amide bonds. The maximum absolute atomic E-state index is 13.4. The average Bonchev–Trinajstić information content (AvgIpc) is 3.11. The predicted octanol–water partition coefficient (Wildman–Crippen LogP) is 0.985. The summed E-state index contributed by atoms with van der Waals surface area (Å²) in [5, 5.41) is 5.66. The lowest BCUT2D eigenvalue weighted by Gasteiger charge is -2.34. The topological polar surface area (TPSA) is 102 Å². The van der Waals surface area contributed by atoms with Gasteiger partial charge in [-0.1, -0.05) is 12.1 Å². The Morgan fingerprint density at radius 2 is 1.77 bits per heavy atom. The lowest BCUT2D eigenvalue weighted by atomic mass is 9.92. The fourth-order valence-corrected chi connectivity index (χ4v) is 6.03. The first kappa shape index (κ1) is 24.1. The van der Waals surface area contributed by atoms with Crippen LogP contribution in [-0.4, -0.2) is 90.2 Å². The third-order valence-electron chi connectivity index (χ3n) is 7.85. The quantitative estimate of drug-likeness (QED) is 0.560. The second-order valence-electron chi connectivity index (χ2n) is 10.3. The molecule has 4 aliphatic rings. The number of carbonyl (C=O) groups excluding carboxylic acids is 4. The van der Waals surface area contributed by atoms with Gasteiger partial charge in [-0.15, -0.1) is 0 Å². The summed E-state index contributed by atoms with van der Waals surface area (Å²) in [6, 6.07) is 4.48. The Kier molecular flexibility index (Phi) is 7.27. The van der Waals surface area contributed by atoms with Crippen LogP contribution in [0.1, 0.15) is 64.8 Å². The standard InChI is InChI=1S/C26H35N5O4/c32-22-9-8-21(24(33)28-22)31-25(34)20-7-1-6-19(23(20)26(31)35)17-30-13-3-5-18(16-30)4-2-12-29-14-10-27-11-15-29/h1,6-7,18,21,27H,2-5,8-17H2,(H,28,32,33). The number of hydrogen-bond acceptors (Lipinski definition) is 7. The number of piperidine rings is 2. The van der Waals surface area contributed by atoms with E-state index in [4.69, 9.17) is 0 Å². The van der Waals surface area contributed by atoms with Crippen LogP contribution < -0.4 is 10.6 Å². The highest BCUT2D eigenvalue weighted by molar-refractivity contribution is 6.24. The van der Waals surface area contributed by atoms with Gasteiger partial charge >= 0.3 is 0 Å². The summed E-state index contributed by atoms with van der Waals surface area (Å²) in [5.41, 5.74) is 1.63. The van der Waals surface area contributed by atoms with Crippen molar-refractivity contribution >= 4 is 23.6 Å². The van der Waals surface area contributed by atoms with Crippen molar-refractivity contribution in [2.45, 2.75) is 51.1 Å². The molecule has 4 heterocycles. The Hall–Kier alpha value is -2.62. The molecule has 3 fully saturated rings. The molecular weight excluding hydrogens is 446 g/mol. The first-order chi connectivity index (χ1) is 17.0. The molecule has 2 N–H and O–H groups in total. The Morgan fingerprint density at radius 3 is 2.57 bits per heavy atom. The van der Waals surface area contributed by atoms with Crippen LogP contribution >= 0.6 is 0 Å². The van der Waals surface area contributed by atoms with Gasteiger partial charge in [0, 0.05) is 45.7 Å². The lowest BCUT2D eigenvalue weighted by molar-refractivity contribution is -0.136. The van der Waals surface area contributed by atoms with Crippen molar-refractivity contribution in [2.75, 3.05) is 45.8 Å². The molecule has 3 saturated heterocycles. The van der Waals surface area contributed by atoms with Gasteiger partial charge in [-0.2, -0.15) is 0 Å². The van der Waals surface area contributed by atoms with E-state index in [1.165, 1.54) is 19.3 Å². The van der Waals surface area contributed by atoms with Crippen LogP contribution in [0.3, 0.4) is 0 Å². The molecule has 5 rings (SSSR count). The van der Waals surface area contributed by atoms with Gasteiger partial charge in [0.25, 0.3) is 11.8 Å². The number of imide groups is 2. The van der Waals surface area contributed by atoms with Gasteiger partial charge in [0.1, 0.15) is 6.04 Å². The molecule has 0 aliphatic carbocycles. The van der Waals surface area contributed by atoms with E-state index in [0.29, 0.717) is 23.6 Å². The first-order valence-electron chi connectivity index (χ1n) is 13.0. The third kappa shape index (κ3) is 5.17. The molecule has 0 bridgehead atoms. The highest BCUT2D eigenvalue weighted by Gasteiger charge is 2.45. The van der Waals surface area contributed by atoms with Crippen LogP contribution in [-0.2, 0) is 16.1 Å². The minimum Gasteiger partial charge on any atom is -0.314 e. The molecule has 2 atom stereocenters. The maximum atomic E-state index is 13.4. The minimum absolute atomic E-state index is 0.125. The van der Waals surface area contributed by atoms with Crippen molar-refractivity contribution in [1.82, 2.24) is 25.3 Å². The SMILES string of the molecule is O=C1CCC(N2C(=O)c3cccc(CN4CCCC(CCCN5CCNCC5)C4)c3C2=O)C(=O)N1. The van der Waals surface area contributed by atoms with E-state index >= 15 is 0 Å². The molecular formula is C26H35N5O4. The predicted molar refractivity (Wildman–Crippen MR) is 130 cm³/mol. The zero-order valence-corrected chi connectivity index (χ0v) is 20.3. The van der Waals surface area contributed by atoms with E-state index < -0.39 is 23.8 Å². The van der Waals surface area contributed by atoms with Crippen LogP contribution in [0.2, 0.25) is 0 Å². The Bertz CT molecular complexity index is 1010. The normalized spacial score (nSPS) is 26.2. The van der Waals surface area contributed by atoms with Crippen molar-refractivity contribution in [1.29, 1.82) is 0 Å². The number of amides is 4. The molecule has 0 aromatic heterocycles. The van der Waals surface area contributed by atoms with Gasteiger partial charge in [0.2, 0.25) is 11.8 Å². The van der Waals surface area contributed by atoms with Crippen molar-refractivity contribution < 1.29 is 19.2 Å². The molecule has 0 saturated carbocycles. The number of fused-ring (bicyclic) bond motifs is 1. The van der Waals surface area contributed by atoms with Crippen LogP contribution in [0.5, 0.6) is 0 Å². The van der Waals surface area contributed by atoms with E-state index in [1.807, 2.05) is 12.1 Å². The lowest BCUT2D eigenvalue weighted by Crippen LogP contribution is -2.54. The van der Waals surface area contributed by atoms with Gasteiger partial charge in [0.05, 0.1) is 11.1 Å². The van der Waals surface area contributed by atoms with Crippen LogP contribution in [0.4, 0.5) is 0 Å². The minimum atomic E-state index is -0.928. The summed E-state index contributed by atoms with van der Waals surface area (Å²) in [7, 11) is 0. The zero-order chi connectivity index (χ0) is 24.4. The summed E-state index contributed by atoms with van der Waals surface area (Å²) in [5.74, 6) is -1.14. The molecule has 2 unspecified atom stereocenters. The van der Waals surface area contributed by atoms with E-state index in [1.54, 1.807) is 6.07 Å². The number of piperazine rings is 1. The van der Waals surface area contributed by atoms with Crippen LogP contribution in [0.15, 0.2) is 18.2 Å². The second kappa shape index (κ2) is 10.6. The van der Waals surface area contributed by atoms with Gasteiger partial charge < -0.3 is 10.2 Å². The Labute approximate surface area is 206 Å². The molecule has 0 spiro atoms. The number of hydrogen-bond donors (Lipinski definition) is 2. The number of nitrogens with one attached hydrogen (secondary N) is 2. The maximum Gasteiger partial charge on any atom is 0.262 e. The summed E-state index contributed by atoms with van der Waals surface area (Å²) < 4.78 is 0. The summed E-state index contributed by atoms with van der Waals surface area (Å²) >= 11 is 0. The second-order valence-corrected chi connectivity index (χ2v) is 10.3. The van der Waals surface area contributed by atoms with E-state index in [0.717, 1.165) is 62.7 Å². The molecule has 1 aromatic carbocycles. The molecule has 9 nitrogen and oxygen atoms in total. The number of carbonyl (C=O) groups is 4. The fraction of sp³-hybridized carbons (Fsp3) is 0.615. The molecule has 188 valence electrons. The van der Waals surface area contributed by atoms with Crippen LogP contribution in [0.25, 0.3) is 0 Å². The van der Waals surface area contributed by atoms with Crippen LogP contribution in [0, 0.1) is 5.92 Å². The molecule has 0 radical (unpaired) electrons. The highest BCUT2D eigenvalue weighted by atomic mass is 16.2. The molecule has 4 aliphatic heterocycles. The summed E-state index contributed by atoms with van der Waals surface area (Å²) in [4.78, 5) is 56.4. The van der Waals surface area contributed by atoms with E-state index in [9.17, 15) is 19.2 Å². The fourth-order valence-electron chi connectivity index (χ4n) is 6.03. The smallest absolute Gasteiger partial charge is 0.262 e. The van der Waals surface area contributed by atoms with Gasteiger partial charge in [0.15, 0.2) is 0 Å². The summed E-state index contributed by atoms with van der Waals surface area (Å²) in [6.07, 6.45) is 5.11. The largest absolute Gasteiger partial charge is 0.314 e. The van der Waals surface area contributed by atoms with Crippen molar-refractivity contribution in [3.8, 4) is 0 Å².